The highest BCUT2D eigenvalue weighted by molar-refractivity contribution is 6.08. The van der Waals surface area contributed by atoms with E-state index in [1.54, 1.807) is 23.2 Å². The maximum absolute atomic E-state index is 12.5. The molecule has 0 unspecified atom stereocenters. The number of hydrogen-bond donors (Lipinski definition) is 2. The first-order valence-corrected chi connectivity index (χ1v) is 9.62. The average molecular weight is 384 g/mol. The molecule has 150 valence electrons. The molecule has 28 heavy (non-hydrogen) atoms. The number of nitrogens with two attached hydrogens (primary N) is 2. The van der Waals surface area contributed by atoms with Crippen LogP contribution in [-0.2, 0) is 14.1 Å². The van der Waals surface area contributed by atoms with Gasteiger partial charge in [0.25, 0.3) is 0 Å². The summed E-state index contributed by atoms with van der Waals surface area (Å²) in [5, 5.41) is 0. The molecule has 0 bridgehead atoms. The summed E-state index contributed by atoms with van der Waals surface area (Å²) in [7, 11) is 7.53. The standard InChI is InChI=1S/C19H28N8O/c1-24(2)12-10-13-14(26(4)18(28)25(13)3)11-15(12)27-17(21)22-16(20)23-19(27)8-6-5-7-9-19/h10-11H,5-9H2,1-4H3,(H4,20,21,22,23). The van der Waals surface area contributed by atoms with Crippen LogP contribution >= 0.6 is 0 Å². The molecule has 0 amide bonds. The lowest BCUT2D eigenvalue weighted by molar-refractivity contribution is 0.305. The number of fused-ring (bicyclic) bond motifs is 1. The van der Waals surface area contributed by atoms with E-state index in [1.165, 1.54) is 6.42 Å². The van der Waals surface area contributed by atoms with Gasteiger partial charge in [-0.15, -0.1) is 0 Å². The average Bonchev–Trinajstić information content (AvgIpc) is 2.85. The Balaban J connectivity index is 2.01. The fourth-order valence-corrected chi connectivity index (χ4v) is 4.53. The van der Waals surface area contributed by atoms with Gasteiger partial charge in [-0.2, -0.15) is 4.99 Å². The lowest BCUT2D eigenvalue weighted by atomic mass is 9.87. The number of imidazole rings is 1. The van der Waals surface area contributed by atoms with Gasteiger partial charge in [0.15, 0.2) is 0 Å². The third kappa shape index (κ3) is 2.56. The summed E-state index contributed by atoms with van der Waals surface area (Å²) < 4.78 is 3.31. The van der Waals surface area contributed by atoms with Crippen LogP contribution < -0.4 is 27.0 Å². The molecular formula is C19H28N8O. The molecule has 9 heteroatoms. The van der Waals surface area contributed by atoms with Crippen molar-refractivity contribution >= 4 is 34.3 Å². The van der Waals surface area contributed by atoms with Crippen LogP contribution in [0.15, 0.2) is 26.9 Å². The molecule has 1 saturated carbocycles. The lowest BCUT2D eigenvalue weighted by Crippen LogP contribution is -2.58. The zero-order chi connectivity index (χ0) is 20.2. The fraction of sp³-hybridized carbons (Fsp3) is 0.526. The molecule has 0 radical (unpaired) electrons. The maximum Gasteiger partial charge on any atom is 0.328 e. The van der Waals surface area contributed by atoms with Crippen molar-refractivity contribution in [2.24, 2.45) is 35.5 Å². The van der Waals surface area contributed by atoms with Gasteiger partial charge in [0.1, 0.15) is 5.66 Å². The largest absolute Gasteiger partial charge is 0.376 e. The molecule has 4 rings (SSSR count). The van der Waals surface area contributed by atoms with Crippen LogP contribution in [0.1, 0.15) is 32.1 Å². The Labute approximate surface area is 163 Å². The number of aryl methyl sites for hydroxylation is 2. The van der Waals surface area contributed by atoms with Gasteiger partial charge in [-0.3, -0.25) is 14.0 Å². The van der Waals surface area contributed by atoms with Crippen LogP contribution in [0.25, 0.3) is 11.0 Å². The molecule has 0 saturated heterocycles. The van der Waals surface area contributed by atoms with E-state index in [2.05, 4.69) is 4.99 Å². The normalized spacial score (nSPS) is 19.1. The number of nitrogens with zero attached hydrogens (tertiary/aromatic N) is 6. The summed E-state index contributed by atoms with van der Waals surface area (Å²) in [4.78, 5) is 25.6. The zero-order valence-corrected chi connectivity index (χ0v) is 16.9. The summed E-state index contributed by atoms with van der Waals surface area (Å²) in [5.74, 6) is 0.577. The predicted molar refractivity (Wildman–Crippen MR) is 114 cm³/mol. The second-order valence-electron chi connectivity index (χ2n) is 7.94. The molecule has 2 aliphatic rings. The Bertz CT molecular complexity index is 1050. The van der Waals surface area contributed by atoms with E-state index in [9.17, 15) is 4.79 Å². The van der Waals surface area contributed by atoms with E-state index in [-0.39, 0.29) is 11.6 Å². The van der Waals surface area contributed by atoms with Gasteiger partial charge < -0.3 is 16.4 Å². The van der Waals surface area contributed by atoms with Crippen molar-refractivity contribution in [1.82, 2.24) is 9.13 Å². The number of aliphatic imine (C=N–C) groups is 2. The van der Waals surface area contributed by atoms with Crippen molar-refractivity contribution in [3.8, 4) is 0 Å². The number of guanidine groups is 2. The van der Waals surface area contributed by atoms with Gasteiger partial charge in [0.2, 0.25) is 11.9 Å². The van der Waals surface area contributed by atoms with E-state index in [0.29, 0.717) is 5.96 Å². The first kappa shape index (κ1) is 18.4. The van der Waals surface area contributed by atoms with Crippen molar-refractivity contribution in [3.05, 3.63) is 22.6 Å². The Morgan fingerprint density at radius 2 is 1.64 bits per heavy atom. The molecule has 1 aliphatic carbocycles. The summed E-state index contributed by atoms with van der Waals surface area (Å²) in [6, 6.07) is 4.04. The number of anilines is 2. The van der Waals surface area contributed by atoms with Crippen molar-refractivity contribution in [2.75, 3.05) is 23.9 Å². The number of rotatable bonds is 2. The molecule has 1 fully saturated rings. The molecule has 0 atom stereocenters. The molecule has 4 N–H and O–H groups in total. The molecular weight excluding hydrogens is 356 g/mol. The lowest BCUT2D eigenvalue weighted by Gasteiger charge is -2.46. The highest BCUT2D eigenvalue weighted by atomic mass is 16.1. The Kier molecular flexibility index (Phi) is 4.13. The third-order valence-corrected chi connectivity index (χ3v) is 5.94. The molecule has 2 heterocycles. The van der Waals surface area contributed by atoms with Crippen LogP contribution in [0.5, 0.6) is 0 Å². The van der Waals surface area contributed by atoms with E-state index in [4.69, 9.17) is 16.5 Å². The quantitative estimate of drug-likeness (QED) is 0.804. The van der Waals surface area contributed by atoms with Gasteiger partial charge in [-0.05, 0) is 37.8 Å². The van der Waals surface area contributed by atoms with Gasteiger partial charge in [0.05, 0.1) is 22.4 Å². The second kappa shape index (κ2) is 6.29. The van der Waals surface area contributed by atoms with Crippen LogP contribution in [0, 0.1) is 0 Å². The molecule has 1 aliphatic heterocycles. The van der Waals surface area contributed by atoms with E-state index >= 15 is 0 Å². The minimum atomic E-state index is -0.528. The van der Waals surface area contributed by atoms with Crippen LogP contribution in [-0.4, -0.2) is 40.8 Å². The molecule has 1 spiro atoms. The van der Waals surface area contributed by atoms with Gasteiger partial charge >= 0.3 is 5.69 Å². The van der Waals surface area contributed by atoms with Crippen LogP contribution in [0.2, 0.25) is 0 Å². The second-order valence-corrected chi connectivity index (χ2v) is 7.94. The Morgan fingerprint density at radius 3 is 2.25 bits per heavy atom. The molecule has 1 aromatic carbocycles. The first-order chi connectivity index (χ1) is 13.2. The summed E-state index contributed by atoms with van der Waals surface area (Å²) >= 11 is 0. The smallest absolute Gasteiger partial charge is 0.328 e. The van der Waals surface area contributed by atoms with E-state index in [1.807, 2.05) is 36.0 Å². The topological polar surface area (TPSA) is 110 Å². The molecule has 1 aromatic heterocycles. The van der Waals surface area contributed by atoms with Gasteiger partial charge in [-0.25, -0.2) is 9.79 Å². The first-order valence-electron chi connectivity index (χ1n) is 9.62. The van der Waals surface area contributed by atoms with Crippen molar-refractivity contribution in [1.29, 1.82) is 0 Å². The molecule has 9 nitrogen and oxygen atoms in total. The number of benzene rings is 1. The summed E-state index contributed by atoms with van der Waals surface area (Å²) in [6.07, 6.45) is 5.02. The third-order valence-electron chi connectivity index (χ3n) is 5.94. The highest BCUT2D eigenvalue weighted by Crippen LogP contribution is 2.43. The van der Waals surface area contributed by atoms with Crippen molar-refractivity contribution in [3.63, 3.8) is 0 Å². The van der Waals surface area contributed by atoms with Crippen molar-refractivity contribution in [2.45, 2.75) is 37.8 Å². The summed E-state index contributed by atoms with van der Waals surface area (Å²) in [5.41, 5.74) is 15.4. The van der Waals surface area contributed by atoms with Crippen LogP contribution in [0.3, 0.4) is 0 Å². The minimum absolute atomic E-state index is 0.0632. The summed E-state index contributed by atoms with van der Waals surface area (Å²) in [6.45, 7) is 0. The van der Waals surface area contributed by atoms with E-state index < -0.39 is 5.66 Å². The van der Waals surface area contributed by atoms with Gasteiger partial charge in [-0.1, -0.05) is 6.42 Å². The maximum atomic E-state index is 12.5. The van der Waals surface area contributed by atoms with Crippen LogP contribution in [0.4, 0.5) is 11.4 Å². The monoisotopic (exact) mass is 384 g/mol. The van der Waals surface area contributed by atoms with E-state index in [0.717, 1.165) is 48.1 Å². The Morgan fingerprint density at radius 1 is 1.04 bits per heavy atom. The SMILES string of the molecule is CN(C)c1cc2c(cc1N1C(N)=NC(N)=NC13CCCCC3)n(C)c(=O)n2C. The number of hydrogen-bond acceptors (Lipinski definition) is 7. The Hall–Kier alpha value is -2.97. The predicted octanol–water partition coefficient (Wildman–Crippen LogP) is 1.05. The van der Waals surface area contributed by atoms with Gasteiger partial charge in [0, 0.05) is 28.2 Å². The fourth-order valence-electron chi connectivity index (χ4n) is 4.53. The highest BCUT2D eigenvalue weighted by Gasteiger charge is 2.43. The van der Waals surface area contributed by atoms with Crippen molar-refractivity contribution < 1.29 is 0 Å². The zero-order valence-electron chi connectivity index (χ0n) is 16.9. The minimum Gasteiger partial charge on any atom is -0.376 e. The molecule has 2 aromatic rings. The number of aromatic nitrogens is 2.